The van der Waals surface area contributed by atoms with Crippen LogP contribution in [0.2, 0.25) is 0 Å². The number of ether oxygens (including phenoxy) is 1. The first-order valence-electron chi connectivity index (χ1n) is 6.39. The smallest absolute Gasteiger partial charge is 0.356 e. The molecule has 0 saturated heterocycles. The monoisotopic (exact) mass is 274 g/mol. The van der Waals surface area contributed by atoms with Gasteiger partial charge in [0.05, 0.1) is 12.8 Å². The molecule has 0 atom stereocenters. The van der Waals surface area contributed by atoms with Crippen LogP contribution in [-0.4, -0.2) is 28.0 Å². The summed E-state index contributed by atoms with van der Waals surface area (Å²) in [5, 5.41) is 13.0. The van der Waals surface area contributed by atoms with Crippen molar-refractivity contribution >= 4 is 5.97 Å². The summed E-state index contributed by atoms with van der Waals surface area (Å²) in [4.78, 5) is 11.0. The largest absolute Gasteiger partial charge is 0.497 e. The molecule has 20 heavy (non-hydrogen) atoms. The van der Waals surface area contributed by atoms with E-state index in [0.717, 1.165) is 22.6 Å². The summed E-state index contributed by atoms with van der Waals surface area (Å²) in [6, 6.07) is 7.48. The number of methoxy groups -OCH3 is 1. The van der Waals surface area contributed by atoms with Crippen LogP contribution in [0.3, 0.4) is 0 Å². The molecule has 1 heterocycles. The van der Waals surface area contributed by atoms with Gasteiger partial charge in [-0.25, -0.2) is 4.79 Å². The van der Waals surface area contributed by atoms with Gasteiger partial charge in [-0.1, -0.05) is 13.8 Å². The molecule has 0 spiro atoms. The van der Waals surface area contributed by atoms with Gasteiger partial charge in [-0.3, -0.25) is 4.68 Å². The van der Waals surface area contributed by atoms with Crippen LogP contribution in [0, 0.1) is 0 Å². The number of hydrogen-bond acceptors (Lipinski definition) is 3. The van der Waals surface area contributed by atoms with Gasteiger partial charge >= 0.3 is 5.97 Å². The van der Waals surface area contributed by atoms with Crippen molar-refractivity contribution in [2.45, 2.75) is 19.8 Å². The minimum atomic E-state index is -1.03. The maximum Gasteiger partial charge on any atom is 0.356 e. The molecule has 0 aliphatic carbocycles. The van der Waals surface area contributed by atoms with E-state index in [0.29, 0.717) is 5.92 Å². The molecule has 1 aromatic carbocycles. The van der Waals surface area contributed by atoms with Crippen molar-refractivity contribution in [2.24, 2.45) is 7.05 Å². The number of nitrogens with zero attached hydrogens (tertiary/aromatic N) is 2. The van der Waals surface area contributed by atoms with Crippen LogP contribution in [0.5, 0.6) is 5.75 Å². The Labute approximate surface area is 117 Å². The molecule has 0 radical (unpaired) electrons. The van der Waals surface area contributed by atoms with E-state index >= 15 is 0 Å². The molecule has 0 unspecified atom stereocenters. The van der Waals surface area contributed by atoms with Crippen LogP contribution >= 0.6 is 0 Å². The lowest BCUT2D eigenvalue weighted by Gasteiger charge is -2.11. The van der Waals surface area contributed by atoms with Gasteiger partial charge in [0.1, 0.15) is 5.75 Å². The van der Waals surface area contributed by atoms with Crippen LogP contribution in [-0.2, 0) is 7.05 Å². The van der Waals surface area contributed by atoms with E-state index in [1.807, 2.05) is 18.2 Å². The average Bonchev–Trinajstić information content (AvgIpc) is 2.80. The minimum absolute atomic E-state index is 0.0383. The quantitative estimate of drug-likeness (QED) is 0.931. The summed E-state index contributed by atoms with van der Waals surface area (Å²) in [6.45, 7) is 4.20. The van der Waals surface area contributed by atoms with E-state index in [4.69, 9.17) is 9.84 Å². The lowest BCUT2D eigenvalue weighted by atomic mass is 9.99. The number of rotatable bonds is 4. The predicted octanol–water partition coefficient (Wildman–Crippen LogP) is 2.92. The van der Waals surface area contributed by atoms with Crippen molar-refractivity contribution in [3.63, 3.8) is 0 Å². The average molecular weight is 274 g/mol. The van der Waals surface area contributed by atoms with Crippen LogP contribution in [0.4, 0.5) is 0 Å². The van der Waals surface area contributed by atoms with Gasteiger partial charge in [0.25, 0.3) is 0 Å². The van der Waals surface area contributed by atoms with Gasteiger partial charge < -0.3 is 9.84 Å². The number of benzene rings is 1. The zero-order valence-electron chi connectivity index (χ0n) is 12.0. The molecule has 0 aliphatic rings. The molecule has 5 nitrogen and oxygen atoms in total. The van der Waals surface area contributed by atoms with Gasteiger partial charge in [0.2, 0.25) is 0 Å². The first kappa shape index (κ1) is 14.1. The molecule has 106 valence electrons. The highest BCUT2D eigenvalue weighted by Gasteiger charge is 2.14. The molecule has 0 saturated carbocycles. The Morgan fingerprint density at radius 2 is 2.00 bits per heavy atom. The fraction of sp³-hybridized carbons (Fsp3) is 0.333. The maximum absolute atomic E-state index is 11.0. The normalized spacial score (nSPS) is 10.8. The van der Waals surface area contributed by atoms with E-state index < -0.39 is 5.97 Å². The van der Waals surface area contributed by atoms with Gasteiger partial charge in [-0.2, -0.15) is 5.10 Å². The maximum atomic E-state index is 11.0. The standard InChI is InChI=1S/C15H18N2O3/c1-9(2)10-5-11(7-12(6-10)20-4)14-8-13(15(18)19)16-17(14)3/h5-9H,1-4H3,(H,18,19). The Bertz CT molecular complexity index is 645. The van der Waals surface area contributed by atoms with E-state index in [1.165, 1.54) is 0 Å². The summed E-state index contributed by atoms with van der Waals surface area (Å²) in [6.07, 6.45) is 0. The number of carbonyl (C=O) groups is 1. The number of carboxylic acids is 1. The fourth-order valence-corrected chi connectivity index (χ4v) is 2.06. The zero-order valence-corrected chi connectivity index (χ0v) is 12.0. The highest BCUT2D eigenvalue weighted by molar-refractivity contribution is 5.87. The van der Waals surface area contributed by atoms with E-state index in [-0.39, 0.29) is 5.69 Å². The second kappa shape index (κ2) is 5.36. The number of aryl methyl sites for hydroxylation is 1. The molecule has 1 N–H and O–H groups in total. The van der Waals surface area contributed by atoms with Gasteiger partial charge in [-0.15, -0.1) is 0 Å². The number of carboxylic acid groups (broad SMARTS) is 1. The van der Waals surface area contributed by atoms with Crippen molar-refractivity contribution in [1.82, 2.24) is 9.78 Å². The zero-order chi connectivity index (χ0) is 14.9. The third-order valence-corrected chi connectivity index (χ3v) is 3.23. The molecule has 0 fully saturated rings. The van der Waals surface area contributed by atoms with Crippen molar-refractivity contribution in [2.75, 3.05) is 7.11 Å². The third kappa shape index (κ3) is 2.66. The number of hydrogen-bond donors (Lipinski definition) is 1. The van der Waals surface area contributed by atoms with Crippen molar-refractivity contribution in [1.29, 1.82) is 0 Å². The first-order valence-corrected chi connectivity index (χ1v) is 6.39. The molecular formula is C15H18N2O3. The Kier molecular flexibility index (Phi) is 3.79. The van der Waals surface area contributed by atoms with Crippen LogP contribution < -0.4 is 4.74 Å². The van der Waals surface area contributed by atoms with Crippen molar-refractivity contribution < 1.29 is 14.6 Å². The molecule has 5 heteroatoms. The van der Waals surface area contributed by atoms with E-state index in [2.05, 4.69) is 18.9 Å². The predicted molar refractivity (Wildman–Crippen MR) is 76.2 cm³/mol. The molecule has 0 amide bonds. The highest BCUT2D eigenvalue weighted by Crippen LogP contribution is 2.29. The lowest BCUT2D eigenvalue weighted by Crippen LogP contribution is -1.99. The van der Waals surface area contributed by atoms with Crippen LogP contribution in [0.1, 0.15) is 35.8 Å². The van der Waals surface area contributed by atoms with Crippen molar-refractivity contribution in [3.05, 3.63) is 35.5 Å². The minimum Gasteiger partial charge on any atom is -0.497 e. The van der Waals surface area contributed by atoms with E-state index in [9.17, 15) is 4.79 Å². The lowest BCUT2D eigenvalue weighted by molar-refractivity contribution is 0.0689. The molecule has 2 aromatic rings. The van der Waals surface area contributed by atoms with Crippen LogP contribution in [0.25, 0.3) is 11.3 Å². The van der Waals surface area contributed by atoms with Gasteiger partial charge in [-0.05, 0) is 35.7 Å². The van der Waals surface area contributed by atoms with Crippen LogP contribution in [0.15, 0.2) is 24.3 Å². The SMILES string of the molecule is COc1cc(-c2cc(C(=O)O)nn2C)cc(C(C)C)c1. The summed E-state index contributed by atoms with van der Waals surface area (Å²) in [5.41, 5.74) is 2.83. The second-order valence-corrected chi connectivity index (χ2v) is 4.99. The third-order valence-electron chi connectivity index (χ3n) is 3.23. The van der Waals surface area contributed by atoms with Gasteiger partial charge in [0, 0.05) is 12.6 Å². The second-order valence-electron chi connectivity index (χ2n) is 4.99. The van der Waals surface area contributed by atoms with Gasteiger partial charge in [0.15, 0.2) is 5.69 Å². The molecule has 1 aromatic heterocycles. The summed E-state index contributed by atoms with van der Waals surface area (Å²) in [7, 11) is 3.35. The Morgan fingerprint density at radius 1 is 1.30 bits per heavy atom. The first-order chi connectivity index (χ1) is 9.42. The summed E-state index contributed by atoms with van der Waals surface area (Å²) < 4.78 is 6.89. The van der Waals surface area contributed by atoms with Crippen molar-refractivity contribution in [3.8, 4) is 17.0 Å². The highest BCUT2D eigenvalue weighted by atomic mass is 16.5. The fourth-order valence-electron chi connectivity index (χ4n) is 2.06. The van der Waals surface area contributed by atoms with E-state index in [1.54, 1.807) is 24.9 Å². The number of aromatic nitrogens is 2. The Balaban J connectivity index is 2.56. The summed E-state index contributed by atoms with van der Waals surface area (Å²) >= 11 is 0. The topological polar surface area (TPSA) is 64.3 Å². The molecule has 0 aliphatic heterocycles. The Morgan fingerprint density at radius 3 is 2.50 bits per heavy atom. The Hall–Kier alpha value is -2.30. The summed E-state index contributed by atoms with van der Waals surface area (Å²) in [5.74, 6) is 0.0825. The molecule has 0 bridgehead atoms. The molecular weight excluding hydrogens is 256 g/mol. The number of aromatic carboxylic acids is 1. The molecule has 2 rings (SSSR count).